The fraction of sp³-hybridized carbons (Fsp3) is 0.611. The van der Waals surface area contributed by atoms with Crippen molar-refractivity contribution in [1.82, 2.24) is 10.6 Å². The smallest absolute Gasteiger partial charge is 0.191 e. The van der Waals surface area contributed by atoms with Gasteiger partial charge >= 0.3 is 0 Å². The lowest BCUT2D eigenvalue weighted by Crippen LogP contribution is -2.43. The number of ether oxygens (including phenoxy) is 1. The average Bonchev–Trinajstić information content (AvgIpc) is 2.57. The minimum absolute atomic E-state index is 0.207. The molecule has 0 heterocycles. The second-order valence-corrected chi connectivity index (χ2v) is 7.53. The molecule has 0 radical (unpaired) electrons. The molecule has 0 saturated carbocycles. The average molecular weight is 338 g/mol. The molecule has 4 nitrogen and oxygen atoms in total. The first-order valence-electron chi connectivity index (χ1n) is 8.19. The van der Waals surface area contributed by atoms with Crippen molar-refractivity contribution in [3.63, 3.8) is 0 Å². The number of thioether (sulfide) groups is 1. The summed E-state index contributed by atoms with van der Waals surface area (Å²) in [4.78, 5) is 4.24. The molecule has 0 aliphatic carbocycles. The molecule has 0 atom stereocenters. The van der Waals surface area contributed by atoms with E-state index in [0.717, 1.165) is 45.1 Å². The molecule has 0 fully saturated rings. The zero-order chi connectivity index (χ0) is 17.0. The number of hydrogen-bond acceptors (Lipinski definition) is 3. The Morgan fingerprint density at radius 3 is 2.57 bits per heavy atom. The van der Waals surface area contributed by atoms with Gasteiger partial charge in [0, 0.05) is 31.5 Å². The van der Waals surface area contributed by atoms with E-state index < -0.39 is 0 Å². The normalized spacial score (nSPS) is 12.3. The molecule has 1 aromatic carbocycles. The van der Waals surface area contributed by atoms with Crippen molar-refractivity contribution >= 4 is 17.7 Å². The molecule has 130 valence electrons. The Morgan fingerprint density at radius 2 is 1.91 bits per heavy atom. The van der Waals surface area contributed by atoms with Crippen LogP contribution in [-0.4, -0.2) is 50.3 Å². The van der Waals surface area contributed by atoms with E-state index in [1.807, 2.05) is 17.8 Å². The first-order valence-corrected chi connectivity index (χ1v) is 9.41. The predicted octanol–water partition coefficient (Wildman–Crippen LogP) is 2.94. The van der Waals surface area contributed by atoms with Crippen LogP contribution in [0.4, 0.5) is 0 Å². The number of rotatable bonds is 10. The van der Waals surface area contributed by atoms with Gasteiger partial charge in [0.15, 0.2) is 5.96 Å². The first-order chi connectivity index (χ1) is 11.1. The Bertz CT molecular complexity index is 449. The maximum atomic E-state index is 5.68. The van der Waals surface area contributed by atoms with Gasteiger partial charge in [0.25, 0.3) is 0 Å². The largest absolute Gasteiger partial charge is 0.381 e. The summed E-state index contributed by atoms with van der Waals surface area (Å²) in [6.07, 6.45) is 4.08. The van der Waals surface area contributed by atoms with E-state index >= 15 is 0 Å². The van der Waals surface area contributed by atoms with Gasteiger partial charge in [-0.25, -0.2) is 0 Å². The maximum absolute atomic E-state index is 5.68. The Kier molecular flexibility index (Phi) is 9.80. The van der Waals surface area contributed by atoms with Crippen LogP contribution in [0.25, 0.3) is 0 Å². The molecule has 0 saturated heterocycles. The van der Waals surface area contributed by atoms with Gasteiger partial charge in [-0.3, -0.25) is 4.99 Å². The highest BCUT2D eigenvalue weighted by Crippen LogP contribution is 2.19. The van der Waals surface area contributed by atoms with Gasteiger partial charge in [-0.05, 0) is 38.5 Å². The highest BCUT2D eigenvalue weighted by atomic mass is 32.2. The summed E-state index contributed by atoms with van der Waals surface area (Å²) < 4.78 is 5.89. The van der Waals surface area contributed by atoms with Crippen molar-refractivity contribution in [2.45, 2.75) is 31.4 Å². The lowest BCUT2D eigenvalue weighted by Gasteiger charge is -2.23. The fourth-order valence-electron chi connectivity index (χ4n) is 1.91. The number of nitrogens with zero attached hydrogens (tertiary/aromatic N) is 1. The molecule has 2 N–H and O–H groups in total. The third-order valence-corrected chi connectivity index (χ3v) is 4.84. The van der Waals surface area contributed by atoms with Gasteiger partial charge in [-0.15, -0.1) is 0 Å². The van der Waals surface area contributed by atoms with Crippen molar-refractivity contribution in [1.29, 1.82) is 0 Å². The van der Waals surface area contributed by atoms with Crippen LogP contribution in [0.15, 0.2) is 35.3 Å². The molecule has 1 aromatic rings. The SMILES string of the molecule is CN=C(NCCCOCCc1ccccc1)NCC(C)(C)SC. The lowest BCUT2D eigenvalue weighted by atomic mass is 10.2. The maximum Gasteiger partial charge on any atom is 0.191 e. The van der Waals surface area contributed by atoms with Gasteiger partial charge < -0.3 is 15.4 Å². The van der Waals surface area contributed by atoms with Gasteiger partial charge in [0.05, 0.1) is 6.61 Å². The van der Waals surface area contributed by atoms with Crippen molar-refractivity contribution in [2.24, 2.45) is 4.99 Å². The van der Waals surface area contributed by atoms with Gasteiger partial charge in [0.1, 0.15) is 0 Å². The second kappa shape index (κ2) is 11.4. The van der Waals surface area contributed by atoms with E-state index in [1.165, 1.54) is 5.56 Å². The molecular formula is C18H31N3OS. The molecular weight excluding hydrogens is 306 g/mol. The number of guanidine groups is 1. The monoisotopic (exact) mass is 337 g/mol. The van der Waals surface area contributed by atoms with E-state index in [9.17, 15) is 0 Å². The molecule has 23 heavy (non-hydrogen) atoms. The van der Waals surface area contributed by atoms with E-state index in [1.54, 1.807) is 7.05 Å². The van der Waals surface area contributed by atoms with E-state index in [2.05, 4.69) is 60.0 Å². The highest BCUT2D eigenvalue weighted by molar-refractivity contribution is 7.99. The highest BCUT2D eigenvalue weighted by Gasteiger charge is 2.15. The molecule has 0 aliphatic rings. The standard InChI is InChI=1S/C18H31N3OS/c1-18(2,23-4)15-21-17(19-3)20-12-8-13-22-14-11-16-9-6-5-7-10-16/h5-7,9-10H,8,11-15H2,1-4H3,(H2,19,20,21). The van der Waals surface area contributed by atoms with Crippen molar-refractivity contribution < 1.29 is 4.74 Å². The topological polar surface area (TPSA) is 45.7 Å². The predicted molar refractivity (Wildman–Crippen MR) is 103 cm³/mol. The number of hydrogen-bond donors (Lipinski definition) is 2. The molecule has 0 aliphatic heterocycles. The summed E-state index contributed by atoms with van der Waals surface area (Å²) in [6, 6.07) is 10.4. The van der Waals surface area contributed by atoms with Crippen molar-refractivity contribution in [3.05, 3.63) is 35.9 Å². The Morgan fingerprint density at radius 1 is 1.17 bits per heavy atom. The van der Waals surface area contributed by atoms with Crippen molar-refractivity contribution in [3.8, 4) is 0 Å². The molecule has 0 aromatic heterocycles. The third-order valence-electron chi connectivity index (χ3n) is 3.59. The summed E-state index contributed by atoms with van der Waals surface area (Å²) in [6.45, 7) is 7.75. The fourth-order valence-corrected chi connectivity index (χ4v) is 2.12. The van der Waals surface area contributed by atoms with E-state index in [4.69, 9.17) is 4.74 Å². The van der Waals surface area contributed by atoms with Crippen LogP contribution < -0.4 is 10.6 Å². The minimum atomic E-state index is 0.207. The molecule has 0 unspecified atom stereocenters. The molecule has 0 bridgehead atoms. The number of aliphatic imine (C=N–C) groups is 1. The minimum Gasteiger partial charge on any atom is -0.381 e. The van der Waals surface area contributed by atoms with Crippen LogP contribution >= 0.6 is 11.8 Å². The van der Waals surface area contributed by atoms with Crippen LogP contribution in [0.1, 0.15) is 25.8 Å². The molecule has 0 amide bonds. The van der Waals surface area contributed by atoms with Gasteiger partial charge in [-0.1, -0.05) is 30.3 Å². The van der Waals surface area contributed by atoms with Gasteiger partial charge in [0.2, 0.25) is 0 Å². The molecule has 0 spiro atoms. The number of nitrogens with one attached hydrogen (secondary N) is 2. The quantitative estimate of drug-likeness (QED) is 0.391. The molecule has 5 heteroatoms. The second-order valence-electron chi connectivity index (χ2n) is 6.02. The van der Waals surface area contributed by atoms with Crippen LogP contribution in [0.2, 0.25) is 0 Å². The first kappa shape index (κ1) is 19.8. The van der Waals surface area contributed by atoms with Gasteiger partial charge in [-0.2, -0.15) is 11.8 Å². The van der Waals surface area contributed by atoms with Crippen LogP contribution in [0.5, 0.6) is 0 Å². The third kappa shape index (κ3) is 9.51. The molecule has 1 rings (SSSR count). The zero-order valence-corrected chi connectivity index (χ0v) is 15.7. The summed E-state index contributed by atoms with van der Waals surface area (Å²) >= 11 is 1.85. The van der Waals surface area contributed by atoms with Crippen LogP contribution in [0, 0.1) is 0 Å². The number of benzene rings is 1. The Balaban J connectivity index is 2.04. The van der Waals surface area contributed by atoms with E-state index in [0.29, 0.717) is 0 Å². The Labute approximate surface area is 145 Å². The van der Waals surface area contributed by atoms with E-state index in [-0.39, 0.29) is 4.75 Å². The zero-order valence-electron chi connectivity index (χ0n) is 14.9. The summed E-state index contributed by atoms with van der Waals surface area (Å²) in [5.74, 6) is 0.858. The van der Waals surface area contributed by atoms with Crippen LogP contribution in [0.3, 0.4) is 0 Å². The Hall–Kier alpha value is -1.20. The summed E-state index contributed by atoms with van der Waals surface area (Å²) in [7, 11) is 1.80. The van der Waals surface area contributed by atoms with Crippen LogP contribution in [-0.2, 0) is 11.2 Å². The summed E-state index contributed by atoms with van der Waals surface area (Å²) in [5.41, 5.74) is 1.33. The summed E-state index contributed by atoms with van der Waals surface area (Å²) in [5, 5.41) is 6.69. The van der Waals surface area contributed by atoms with Crippen molar-refractivity contribution in [2.75, 3.05) is 39.6 Å². The lowest BCUT2D eigenvalue weighted by molar-refractivity contribution is 0.135.